The topological polar surface area (TPSA) is 61.8 Å². The molecule has 5 heteroatoms. The van der Waals surface area contributed by atoms with Crippen LogP contribution in [0.1, 0.15) is 17.5 Å². The Morgan fingerprint density at radius 2 is 2.07 bits per heavy atom. The Morgan fingerprint density at radius 1 is 1.33 bits per heavy atom. The lowest BCUT2D eigenvalue weighted by molar-refractivity contribution is 0.169. The van der Waals surface area contributed by atoms with Crippen LogP contribution < -0.4 is 0 Å². The molecular weight excluding hydrogens is 214 g/mol. The van der Waals surface area contributed by atoms with Gasteiger partial charge in [0.15, 0.2) is 5.82 Å². The smallest absolute Gasteiger partial charge is 0.153 e. The van der Waals surface area contributed by atoms with Crippen LogP contribution in [0.25, 0.3) is 0 Å². The minimum Gasteiger partial charge on any atom is -0.385 e. The molecule has 1 unspecified atom stereocenters. The van der Waals surface area contributed by atoms with Crippen molar-refractivity contribution in [1.82, 2.24) is 15.2 Å². The van der Waals surface area contributed by atoms with Gasteiger partial charge in [-0.3, -0.25) is 5.10 Å². The monoisotopic (exact) mass is 223 g/mol. The molecule has 2 aromatic rings. The lowest BCUT2D eigenvalue weighted by atomic mass is 10.1. The molecule has 0 aliphatic rings. The first-order chi connectivity index (χ1) is 7.25. The lowest BCUT2D eigenvalue weighted by Crippen LogP contribution is -2.03. The van der Waals surface area contributed by atoms with Crippen molar-refractivity contribution in [3.8, 4) is 0 Å². The first-order valence-corrected chi connectivity index (χ1v) is 4.91. The third-order valence-corrected chi connectivity index (χ3v) is 2.34. The summed E-state index contributed by atoms with van der Waals surface area (Å²) in [7, 11) is 0. The molecule has 2 rings (SSSR count). The van der Waals surface area contributed by atoms with Crippen LogP contribution in [0.4, 0.5) is 0 Å². The summed E-state index contributed by atoms with van der Waals surface area (Å²) in [5.41, 5.74) is 1.00. The Hall–Kier alpha value is -1.39. The third-order valence-electron chi connectivity index (χ3n) is 2.09. The van der Waals surface area contributed by atoms with E-state index in [0.717, 1.165) is 5.56 Å². The first-order valence-electron chi connectivity index (χ1n) is 4.53. The molecule has 78 valence electrons. The molecule has 1 aromatic carbocycles. The van der Waals surface area contributed by atoms with Gasteiger partial charge in [0.2, 0.25) is 0 Å². The van der Waals surface area contributed by atoms with Crippen molar-refractivity contribution in [1.29, 1.82) is 0 Å². The third kappa shape index (κ3) is 2.55. The molecule has 0 aliphatic carbocycles. The number of aromatic nitrogens is 3. The van der Waals surface area contributed by atoms with Gasteiger partial charge in [-0.05, 0) is 17.7 Å². The van der Waals surface area contributed by atoms with Gasteiger partial charge in [-0.15, -0.1) is 0 Å². The van der Waals surface area contributed by atoms with Crippen molar-refractivity contribution in [3.63, 3.8) is 0 Å². The number of aromatic amines is 1. The second-order valence-electron chi connectivity index (χ2n) is 3.22. The van der Waals surface area contributed by atoms with Crippen LogP contribution in [0.15, 0.2) is 30.6 Å². The summed E-state index contributed by atoms with van der Waals surface area (Å²) in [5, 5.41) is 16.8. The molecule has 0 saturated heterocycles. The van der Waals surface area contributed by atoms with Gasteiger partial charge in [0.1, 0.15) is 12.4 Å². The number of hydrogen-bond acceptors (Lipinski definition) is 3. The predicted molar refractivity (Wildman–Crippen MR) is 56.5 cm³/mol. The van der Waals surface area contributed by atoms with Gasteiger partial charge < -0.3 is 5.11 Å². The molecule has 15 heavy (non-hydrogen) atoms. The van der Waals surface area contributed by atoms with Gasteiger partial charge >= 0.3 is 0 Å². The molecule has 0 bridgehead atoms. The van der Waals surface area contributed by atoms with Gasteiger partial charge in [0.25, 0.3) is 0 Å². The molecule has 0 amide bonds. The van der Waals surface area contributed by atoms with Crippen LogP contribution in [0.2, 0.25) is 5.02 Å². The van der Waals surface area contributed by atoms with Crippen molar-refractivity contribution >= 4 is 11.6 Å². The molecule has 1 aromatic heterocycles. The van der Waals surface area contributed by atoms with E-state index in [9.17, 15) is 5.11 Å². The van der Waals surface area contributed by atoms with Crippen molar-refractivity contribution in [3.05, 3.63) is 47.0 Å². The minimum absolute atomic E-state index is 0.477. The summed E-state index contributed by atoms with van der Waals surface area (Å²) >= 11 is 5.76. The number of aliphatic hydroxyl groups is 1. The summed E-state index contributed by atoms with van der Waals surface area (Å²) in [5.74, 6) is 0.477. The van der Waals surface area contributed by atoms with Crippen LogP contribution in [0, 0.1) is 0 Å². The lowest BCUT2D eigenvalue weighted by Gasteiger charge is -2.06. The van der Waals surface area contributed by atoms with Crippen molar-refractivity contribution in [2.45, 2.75) is 12.5 Å². The Balaban J connectivity index is 2.06. The first kappa shape index (κ1) is 10.1. The summed E-state index contributed by atoms with van der Waals surface area (Å²) in [6.07, 6.45) is 1.21. The Labute approximate surface area is 91.9 Å². The van der Waals surface area contributed by atoms with E-state index in [4.69, 9.17) is 11.6 Å². The number of nitrogens with one attached hydrogen (secondary N) is 1. The predicted octanol–water partition coefficient (Wildman–Crippen LogP) is 1.73. The fourth-order valence-corrected chi connectivity index (χ4v) is 1.44. The van der Waals surface area contributed by atoms with E-state index in [1.165, 1.54) is 6.33 Å². The highest BCUT2D eigenvalue weighted by Gasteiger charge is 2.10. The second kappa shape index (κ2) is 4.42. The van der Waals surface area contributed by atoms with Crippen LogP contribution >= 0.6 is 11.6 Å². The number of halogens is 1. The number of hydrogen-bond donors (Lipinski definition) is 2. The fraction of sp³-hybridized carbons (Fsp3) is 0.200. The number of H-pyrrole nitrogens is 1. The quantitative estimate of drug-likeness (QED) is 0.833. The maximum atomic E-state index is 9.77. The van der Waals surface area contributed by atoms with E-state index in [1.54, 1.807) is 12.1 Å². The zero-order valence-electron chi connectivity index (χ0n) is 7.89. The normalized spacial score (nSPS) is 12.7. The number of rotatable bonds is 3. The Kier molecular flexibility index (Phi) is 2.99. The fourth-order valence-electron chi connectivity index (χ4n) is 1.32. The number of benzene rings is 1. The molecule has 0 fully saturated rings. The molecule has 0 aliphatic heterocycles. The van der Waals surface area contributed by atoms with Crippen molar-refractivity contribution < 1.29 is 5.11 Å². The largest absolute Gasteiger partial charge is 0.385 e. The van der Waals surface area contributed by atoms with E-state index in [-0.39, 0.29) is 0 Å². The molecule has 1 atom stereocenters. The van der Waals surface area contributed by atoms with Crippen LogP contribution in [-0.4, -0.2) is 20.3 Å². The highest BCUT2D eigenvalue weighted by atomic mass is 35.5. The zero-order chi connectivity index (χ0) is 10.7. The summed E-state index contributed by atoms with van der Waals surface area (Å²) in [6.45, 7) is 0. The van der Waals surface area contributed by atoms with Gasteiger partial charge in [0, 0.05) is 11.4 Å². The molecule has 0 radical (unpaired) electrons. The highest BCUT2D eigenvalue weighted by molar-refractivity contribution is 6.30. The molecule has 1 heterocycles. The average molecular weight is 224 g/mol. The molecule has 2 N–H and O–H groups in total. The van der Waals surface area contributed by atoms with Crippen LogP contribution in [-0.2, 0) is 6.42 Å². The van der Waals surface area contributed by atoms with E-state index in [2.05, 4.69) is 15.2 Å². The average Bonchev–Trinajstić information content (AvgIpc) is 2.74. The van der Waals surface area contributed by atoms with Gasteiger partial charge in [-0.25, -0.2) is 4.98 Å². The van der Waals surface area contributed by atoms with Gasteiger partial charge in [-0.2, -0.15) is 5.10 Å². The highest BCUT2D eigenvalue weighted by Crippen LogP contribution is 2.16. The van der Waals surface area contributed by atoms with E-state index >= 15 is 0 Å². The summed E-state index contributed by atoms with van der Waals surface area (Å²) < 4.78 is 0. The van der Waals surface area contributed by atoms with Crippen LogP contribution in [0.3, 0.4) is 0 Å². The SMILES string of the molecule is OC(Cc1ccc(Cl)cc1)c1ncn[nH]1. The Morgan fingerprint density at radius 3 is 2.67 bits per heavy atom. The van der Waals surface area contributed by atoms with Crippen LogP contribution in [0.5, 0.6) is 0 Å². The van der Waals surface area contributed by atoms with E-state index in [0.29, 0.717) is 17.3 Å². The van der Waals surface area contributed by atoms with Crippen molar-refractivity contribution in [2.24, 2.45) is 0 Å². The minimum atomic E-state index is -0.659. The zero-order valence-corrected chi connectivity index (χ0v) is 8.65. The maximum Gasteiger partial charge on any atom is 0.153 e. The summed E-state index contributed by atoms with van der Waals surface area (Å²) in [6, 6.07) is 7.35. The standard InChI is InChI=1S/C10H10ClN3O/c11-8-3-1-7(2-4-8)5-9(15)10-12-6-13-14-10/h1-4,6,9,15H,5H2,(H,12,13,14). The Bertz CT molecular complexity index is 413. The summed E-state index contributed by atoms with van der Waals surface area (Å²) in [4.78, 5) is 3.89. The number of nitrogens with zero attached hydrogens (tertiary/aromatic N) is 2. The maximum absolute atomic E-state index is 9.77. The molecule has 0 saturated carbocycles. The molecular formula is C10H10ClN3O. The van der Waals surface area contributed by atoms with E-state index < -0.39 is 6.10 Å². The van der Waals surface area contributed by atoms with Crippen molar-refractivity contribution in [2.75, 3.05) is 0 Å². The number of aliphatic hydroxyl groups excluding tert-OH is 1. The molecule has 4 nitrogen and oxygen atoms in total. The second-order valence-corrected chi connectivity index (χ2v) is 3.65. The van der Waals surface area contributed by atoms with Gasteiger partial charge in [-0.1, -0.05) is 23.7 Å². The van der Waals surface area contributed by atoms with Gasteiger partial charge in [0.05, 0.1) is 0 Å². The van der Waals surface area contributed by atoms with E-state index in [1.807, 2.05) is 12.1 Å². The molecule has 0 spiro atoms.